The smallest absolute Gasteiger partial charge is 0.422 e. The maximum atomic E-state index is 12.7. The van der Waals surface area contributed by atoms with Crippen molar-refractivity contribution in [3.63, 3.8) is 0 Å². The van der Waals surface area contributed by atoms with Gasteiger partial charge < -0.3 is 19.5 Å². The van der Waals surface area contributed by atoms with E-state index in [1.807, 2.05) is 6.92 Å². The normalized spacial score (nSPS) is 11.4. The molecule has 1 heterocycles. The lowest BCUT2D eigenvalue weighted by atomic mass is 10.2. The largest absolute Gasteiger partial charge is 0.493 e. The van der Waals surface area contributed by atoms with Crippen molar-refractivity contribution in [2.24, 2.45) is 0 Å². The van der Waals surface area contributed by atoms with Crippen LogP contribution < -0.4 is 24.2 Å². The number of benzene rings is 2. The number of fused-ring (bicyclic) bond motifs is 1. The lowest BCUT2D eigenvalue weighted by molar-refractivity contribution is -0.153. The highest BCUT2D eigenvalue weighted by Crippen LogP contribution is 2.37. The summed E-state index contributed by atoms with van der Waals surface area (Å²) in [6, 6.07) is 8.25. The molecular formula is C20H21F3N4O3S. The molecule has 2 N–H and O–H groups in total. The van der Waals surface area contributed by atoms with Gasteiger partial charge in [-0.3, -0.25) is 4.72 Å². The number of halogens is 3. The van der Waals surface area contributed by atoms with E-state index in [1.54, 1.807) is 31.3 Å². The Morgan fingerprint density at radius 2 is 1.84 bits per heavy atom. The summed E-state index contributed by atoms with van der Waals surface area (Å²) in [5.41, 5.74) is 0.914. The van der Waals surface area contributed by atoms with Crippen LogP contribution in [0.5, 0.6) is 17.2 Å². The highest BCUT2D eigenvalue weighted by Gasteiger charge is 2.29. The van der Waals surface area contributed by atoms with Gasteiger partial charge in [-0.15, -0.1) is 0 Å². The third-order valence-corrected chi connectivity index (χ3v) is 4.73. The maximum Gasteiger partial charge on any atom is 0.422 e. The number of methoxy groups -OCH3 is 1. The second-order valence-electron chi connectivity index (χ2n) is 6.17. The molecule has 3 aromatic rings. The fourth-order valence-electron chi connectivity index (χ4n) is 2.79. The van der Waals surface area contributed by atoms with Crippen molar-refractivity contribution >= 4 is 34.4 Å². The zero-order valence-corrected chi connectivity index (χ0v) is 17.9. The fourth-order valence-corrected chi connectivity index (χ4v) is 3.34. The molecule has 0 unspecified atom stereocenters. The van der Waals surface area contributed by atoms with E-state index in [1.165, 1.54) is 31.5 Å². The van der Waals surface area contributed by atoms with Crippen molar-refractivity contribution in [1.82, 2.24) is 14.7 Å². The maximum absolute atomic E-state index is 12.7. The predicted molar refractivity (Wildman–Crippen MR) is 113 cm³/mol. The summed E-state index contributed by atoms with van der Waals surface area (Å²) in [5, 5.41) is 3.68. The molecule has 11 heteroatoms. The van der Waals surface area contributed by atoms with Crippen molar-refractivity contribution in [3.05, 3.63) is 36.7 Å². The van der Waals surface area contributed by atoms with Gasteiger partial charge in [-0.2, -0.15) is 13.2 Å². The van der Waals surface area contributed by atoms with Gasteiger partial charge in [-0.05, 0) is 50.2 Å². The van der Waals surface area contributed by atoms with Gasteiger partial charge in [0.15, 0.2) is 18.1 Å². The quantitative estimate of drug-likeness (QED) is 0.440. The molecule has 2 aromatic carbocycles. The van der Waals surface area contributed by atoms with E-state index >= 15 is 0 Å². The number of aromatic nitrogens is 2. The van der Waals surface area contributed by atoms with Crippen LogP contribution in [0.3, 0.4) is 0 Å². The molecule has 3 rings (SSSR count). The van der Waals surface area contributed by atoms with Gasteiger partial charge >= 0.3 is 6.18 Å². The molecule has 0 spiro atoms. The van der Waals surface area contributed by atoms with Crippen molar-refractivity contribution in [1.29, 1.82) is 0 Å². The molecule has 0 aliphatic carbocycles. The van der Waals surface area contributed by atoms with Gasteiger partial charge in [0.25, 0.3) is 0 Å². The average Bonchev–Trinajstić information content (AvgIpc) is 2.73. The Morgan fingerprint density at radius 1 is 1.03 bits per heavy atom. The molecule has 0 aliphatic heterocycles. The number of hydrogen-bond donors (Lipinski definition) is 2. The molecule has 31 heavy (non-hydrogen) atoms. The van der Waals surface area contributed by atoms with Crippen LogP contribution in [-0.2, 0) is 0 Å². The second kappa shape index (κ2) is 9.92. The fraction of sp³-hybridized carbons (Fsp3) is 0.300. The molecule has 0 bridgehead atoms. The first-order valence-electron chi connectivity index (χ1n) is 9.24. The minimum atomic E-state index is -4.46. The second-order valence-corrected chi connectivity index (χ2v) is 7.25. The molecule has 0 aliphatic rings. The molecule has 0 saturated heterocycles. The van der Waals surface area contributed by atoms with Crippen LogP contribution in [0.25, 0.3) is 10.9 Å². The Kier molecular flexibility index (Phi) is 7.29. The van der Waals surface area contributed by atoms with Gasteiger partial charge in [0.05, 0.1) is 24.9 Å². The average molecular weight is 454 g/mol. The topological polar surface area (TPSA) is 77.5 Å². The summed E-state index contributed by atoms with van der Waals surface area (Å²) in [6.07, 6.45) is -3.10. The molecule has 0 saturated carbocycles. The number of nitrogens with zero attached hydrogens (tertiary/aromatic N) is 2. The zero-order chi connectivity index (χ0) is 22.4. The third kappa shape index (κ3) is 5.82. The zero-order valence-electron chi connectivity index (χ0n) is 17.0. The summed E-state index contributed by atoms with van der Waals surface area (Å²) in [4.78, 5) is 9.30. The Balaban J connectivity index is 2.02. The first-order valence-corrected chi connectivity index (χ1v) is 10.1. The van der Waals surface area contributed by atoms with E-state index in [0.717, 1.165) is 4.90 Å². The summed E-state index contributed by atoms with van der Waals surface area (Å²) in [7, 11) is 3.26. The number of ether oxygens (including phenoxy) is 3. The van der Waals surface area contributed by atoms with Crippen LogP contribution in [0.1, 0.15) is 6.92 Å². The Hall–Kier alpha value is -2.92. The number of anilines is 2. The Morgan fingerprint density at radius 3 is 2.52 bits per heavy atom. The summed E-state index contributed by atoms with van der Waals surface area (Å²) in [5.74, 6) is 1.45. The third-order valence-electron chi connectivity index (χ3n) is 4.04. The number of nitrogens with one attached hydrogen (secondary N) is 2. The van der Waals surface area contributed by atoms with Gasteiger partial charge in [0.2, 0.25) is 0 Å². The molecule has 0 fully saturated rings. The Bertz CT molecular complexity index is 1050. The van der Waals surface area contributed by atoms with Crippen molar-refractivity contribution in [3.8, 4) is 17.2 Å². The molecule has 1 aromatic heterocycles. The minimum Gasteiger partial charge on any atom is -0.493 e. The summed E-state index contributed by atoms with van der Waals surface area (Å²) in [6.45, 7) is 0.902. The van der Waals surface area contributed by atoms with Crippen LogP contribution in [0.4, 0.5) is 24.7 Å². The lowest BCUT2D eigenvalue weighted by Crippen LogP contribution is -2.19. The van der Waals surface area contributed by atoms with E-state index in [9.17, 15) is 13.2 Å². The molecule has 0 amide bonds. The lowest BCUT2D eigenvalue weighted by Gasteiger charge is -2.17. The highest BCUT2D eigenvalue weighted by atomic mass is 32.2. The van der Waals surface area contributed by atoms with E-state index in [2.05, 4.69) is 20.0 Å². The first kappa shape index (κ1) is 22.8. The summed E-state index contributed by atoms with van der Waals surface area (Å²) < 4.78 is 57.0. The van der Waals surface area contributed by atoms with E-state index < -0.39 is 12.8 Å². The number of alkyl halides is 3. The van der Waals surface area contributed by atoms with Gasteiger partial charge in [-0.25, -0.2) is 9.97 Å². The summed E-state index contributed by atoms with van der Waals surface area (Å²) >= 11 is 1.31. The van der Waals surface area contributed by atoms with Crippen LogP contribution in [0, 0.1) is 0 Å². The van der Waals surface area contributed by atoms with Gasteiger partial charge in [0, 0.05) is 16.3 Å². The number of hydrogen-bond acceptors (Lipinski definition) is 8. The van der Waals surface area contributed by atoms with Crippen molar-refractivity contribution in [2.75, 3.05) is 32.7 Å². The van der Waals surface area contributed by atoms with Gasteiger partial charge in [-0.1, -0.05) is 0 Å². The minimum absolute atomic E-state index is 0.0439. The van der Waals surface area contributed by atoms with Crippen LogP contribution in [-0.4, -0.2) is 43.5 Å². The van der Waals surface area contributed by atoms with E-state index in [-0.39, 0.29) is 5.75 Å². The number of rotatable bonds is 9. The molecule has 0 atom stereocenters. The molecule has 166 valence electrons. The van der Waals surface area contributed by atoms with E-state index in [4.69, 9.17) is 14.2 Å². The van der Waals surface area contributed by atoms with Crippen LogP contribution in [0.2, 0.25) is 0 Å². The first-order chi connectivity index (χ1) is 14.8. The predicted octanol–water partition coefficient (Wildman–Crippen LogP) is 4.95. The van der Waals surface area contributed by atoms with Crippen LogP contribution in [0.15, 0.2) is 41.6 Å². The Labute approximate surface area is 181 Å². The monoisotopic (exact) mass is 454 g/mol. The molecule has 0 radical (unpaired) electrons. The van der Waals surface area contributed by atoms with Crippen molar-refractivity contribution < 1.29 is 27.4 Å². The van der Waals surface area contributed by atoms with Crippen molar-refractivity contribution in [2.45, 2.75) is 18.0 Å². The molecular weight excluding hydrogens is 433 g/mol. The van der Waals surface area contributed by atoms with Gasteiger partial charge in [0.1, 0.15) is 17.9 Å². The standard InChI is InChI=1S/C20H21F3N4O3S/c1-4-29-18-9-14-13(8-17(18)28-3)19(26-11-25-14)27-15-7-12(31-24-2)5-6-16(15)30-10-20(21,22)23/h5-9,11,24H,4,10H2,1-3H3,(H,25,26,27). The SMILES string of the molecule is CCOc1cc2ncnc(Nc3cc(SNC)ccc3OCC(F)(F)F)c2cc1OC. The highest BCUT2D eigenvalue weighted by molar-refractivity contribution is 7.97. The van der Waals surface area contributed by atoms with Crippen LogP contribution >= 0.6 is 11.9 Å². The molecule has 7 nitrogen and oxygen atoms in total. The van der Waals surface area contributed by atoms with E-state index in [0.29, 0.717) is 40.5 Å².